The van der Waals surface area contributed by atoms with Gasteiger partial charge in [0.2, 0.25) is 5.91 Å². The van der Waals surface area contributed by atoms with Crippen molar-refractivity contribution in [2.45, 2.75) is 26.8 Å². The third-order valence-corrected chi connectivity index (χ3v) is 2.89. The third kappa shape index (κ3) is 3.53. The molecule has 7 heteroatoms. The molecule has 0 radical (unpaired) electrons. The van der Waals surface area contributed by atoms with Gasteiger partial charge < -0.3 is 11.1 Å². The summed E-state index contributed by atoms with van der Waals surface area (Å²) in [6, 6.07) is 3.34. The molecule has 1 aromatic rings. The monoisotopic (exact) mass is 279 g/mol. The lowest BCUT2D eigenvalue weighted by Crippen LogP contribution is -2.39. The molecular formula is C13H17N3O4. The van der Waals surface area contributed by atoms with Crippen LogP contribution in [0.5, 0.6) is 0 Å². The Balaban J connectivity index is 3.20. The van der Waals surface area contributed by atoms with E-state index in [-0.39, 0.29) is 28.6 Å². The van der Waals surface area contributed by atoms with Crippen molar-refractivity contribution in [1.29, 1.82) is 0 Å². The van der Waals surface area contributed by atoms with Gasteiger partial charge in [-0.3, -0.25) is 19.7 Å². The van der Waals surface area contributed by atoms with Gasteiger partial charge in [-0.05, 0) is 25.0 Å². The quantitative estimate of drug-likeness (QED) is 0.467. The van der Waals surface area contributed by atoms with Crippen LogP contribution in [0.4, 0.5) is 11.4 Å². The molecule has 0 spiro atoms. The van der Waals surface area contributed by atoms with Gasteiger partial charge in [0.25, 0.3) is 5.69 Å². The maximum Gasteiger partial charge on any atom is 0.293 e. The van der Waals surface area contributed by atoms with Crippen molar-refractivity contribution in [3.05, 3.63) is 33.9 Å². The molecule has 1 amide bonds. The van der Waals surface area contributed by atoms with Crippen molar-refractivity contribution in [2.75, 3.05) is 5.32 Å². The Labute approximate surface area is 116 Å². The summed E-state index contributed by atoms with van der Waals surface area (Å²) in [5.41, 5.74) is 5.41. The van der Waals surface area contributed by atoms with Crippen LogP contribution in [0.2, 0.25) is 0 Å². The van der Waals surface area contributed by atoms with E-state index in [4.69, 9.17) is 5.73 Å². The molecule has 0 heterocycles. The molecule has 1 rings (SSSR count). The summed E-state index contributed by atoms with van der Waals surface area (Å²) in [4.78, 5) is 33.0. The molecule has 0 aliphatic carbocycles. The van der Waals surface area contributed by atoms with Gasteiger partial charge >= 0.3 is 0 Å². The number of rotatable bonds is 6. The second-order valence-electron chi connectivity index (χ2n) is 4.81. The number of Topliss-reactive ketones (excluding diaryl/α,β-unsaturated/α-hetero) is 1. The first-order valence-electron chi connectivity index (χ1n) is 6.09. The van der Waals surface area contributed by atoms with E-state index < -0.39 is 16.9 Å². The van der Waals surface area contributed by atoms with Gasteiger partial charge in [-0.15, -0.1) is 0 Å². The standard InChI is InChI=1S/C13H17N3O4/c1-7(2)12(13(14)18)15-10-5-4-9(8(3)17)6-11(10)16(19)20/h4-7,12,15H,1-3H3,(H2,14,18)/t12-/m0/s1. The topological polar surface area (TPSA) is 115 Å². The van der Waals surface area contributed by atoms with Crippen LogP contribution in [-0.2, 0) is 4.79 Å². The molecule has 0 saturated heterocycles. The number of primary amides is 1. The van der Waals surface area contributed by atoms with Crippen LogP contribution < -0.4 is 11.1 Å². The van der Waals surface area contributed by atoms with Crippen LogP contribution in [0.1, 0.15) is 31.1 Å². The number of carbonyl (C=O) groups is 2. The molecule has 7 nitrogen and oxygen atoms in total. The van der Waals surface area contributed by atoms with Gasteiger partial charge in [0.15, 0.2) is 5.78 Å². The molecule has 0 fully saturated rings. The maximum atomic E-state index is 11.3. The summed E-state index contributed by atoms with van der Waals surface area (Å²) in [6.07, 6.45) is 0. The number of benzene rings is 1. The lowest BCUT2D eigenvalue weighted by Gasteiger charge is -2.20. The minimum atomic E-state index is -0.725. The molecule has 108 valence electrons. The average Bonchev–Trinajstić information content (AvgIpc) is 2.34. The van der Waals surface area contributed by atoms with E-state index >= 15 is 0 Å². The molecule has 1 atom stereocenters. The van der Waals surface area contributed by atoms with Crippen LogP contribution in [0.3, 0.4) is 0 Å². The van der Waals surface area contributed by atoms with Crippen molar-refractivity contribution in [3.63, 3.8) is 0 Å². The first kappa shape index (κ1) is 15.6. The summed E-state index contributed by atoms with van der Waals surface area (Å²) in [6.45, 7) is 4.88. The summed E-state index contributed by atoms with van der Waals surface area (Å²) < 4.78 is 0. The number of nitrogens with zero attached hydrogens (tertiary/aromatic N) is 1. The fourth-order valence-corrected chi connectivity index (χ4v) is 1.76. The highest BCUT2D eigenvalue weighted by Gasteiger charge is 2.24. The highest BCUT2D eigenvalue weighted by molar-refractivity contribution is 5.95. The Morgan fingerprint density at radius 2 is 1.95 bits per heavy atom. The highest BCUT2D eigenvalue weighted by atomic mass is 16.6. The van der Waals surface area contributed by atoms with Crippen molar-refractivity contribution < 1.29 is 14.5 Å². The van der Waals surface area contributed by atoms with Crippen molar-refractivity contribution in [3.8, 4) is 0 Å². The first-order chi connectivity index (χ1) is 9.23. The minimum absolute atomic E-state index is 0.125. The van der Waals surface area contributed by atoms with E-state index in [9.17, 15) is 19.7 Å². The van der Waals surface area contributed by atoms with Gasteiger partial charge in [-0.25, -0.2) is 0 Å². The van der Waals surface area contributed by atoms with E-state index in [1.807, 2.05) is 0 Å². The van der Waals surface area contributed by atoms with Crippen LogP contribution in [0.15, 0.2) is 18.2 Å². The molecule has 0 aromatic heterocycles. The number of hydrogen-bond acceptors (Lipinski definition) is 5. The van der Waals surface area contributed by atoms with Gasteiger partial charge in [-0.1, -0.05) is 13.8 Å². The van der Waals surface area contributed by atoms with Gasteiger partial charge in [0.1, 0.15) is 11.7 Å². The van der Waals surface area contributed by atoms with E-state index in [0.717, 1.165) is 0 Å². The lowest BCUT2D eigenvalue weighted by molar-refractivity contribution is -0.384. The Kier molecular flexibility index (Phi) is 4.79. The van der Waals surface area contributed by atoms with E-state index in [1.165, 1.54) is 25.1 Å². The van der Waals surface area contributed by atoms with Gasteiger partial charge in [0, 0.05) is 11.6 Å². The molecule has 0 unspecified atom stereocenters. The zero-order chi connectivity index (χ0) is 15.4. The second kappa shape index (κ2) is 6.14. The number of amides is 1. The molecule has 0 aliphatic rings. The summed E-state index contributed by atoms with van der Waals surface area (Å²) in [5.74, 6) is -0.987. The van der Waals surface area contributed by atoms with Crippen LogP contribution in [0.25, 0.3) is 0 Å². The molecule has 20 heavy (non-hydrogen) atoms. The summed E-state index contributed by atoms with van der Waals surface area (Å²) >= 11 is 0. The molecular weight excluding hydrogens is 262 g/mol. The Morgan fingerprint density at radius 3 is 2.35 bits per heavy atom. The number of nitro groups is 1. The van der Waals surface area contributed by atoms with E-state index in [0.29, 0.717) is 0 Å². The smallest absolute Gasteiger partial charge is 0.293 e. The number of nitro benzene ring substituents is 1. The number of ketones is 1. The van der Waals surface area contributed by atoms with E-state index in [2.05, 4.69) is 5.32 Å². The first-order valence-corrected chi connectivity index (χ1v) is 6.09. The largest absolute Gasteiger partial charge is 0.368 e. The highest BCUT2D eigenvalue weighted by Crippen LogP contribution is 2.27. The molecule has 0 saturated carbocycles. The van der Waals surface area contributed by atoms with Crippen LogP contribution in [0, 0.1) is 16.0 Å². The fraction of sp³-hybridized carbons (Fsp3) is 0.385. The third-order valence-electron chi connectivity index (χ3n) is 2.89. The fourth-order valence-electron chi connectivity index (χ4n) is 1.76. The minimum Gasteiger partial charge on any atom is -0.368 e. The lowest BCUT2D eigenvalue weighted by atomic mass is 10.0. The van der Waals surface area contributed by atoms with Crippen molar-refractivity contribution >= 4 is 23.1 Å². The SMILES string of the molecule is CC(=O)c1ccc(N[C@H](C(N)=O)C(C)C)c([N+](=O)[O-])c1. The number of nitrogens with two attached hydrogens (primary N) is 1. The predicted molar refractivity (Wildman–Crippen MR) is 74.5 cm³/mol. The average molecular weight is 279 g/mol. The van der Waals surface area contributed by atoms with E-state index in [1.54, 1.807) is 13.8 Å². The predicted octanol–water partition coefficient (Wildman–Crippen LogP) is 1.72. The van der Waals surface area contributed by atoms with Gasteiger partial charge in [0.05, 0.1) is 4.92 Å². The summed E-state index contributed by atoms with van der Waals surface area (Å²) in [5, 5.41) is 13.8. The Bertz CT molecular complexity index is 555. The molecule has 0 bridgehead atoms. The van der Waals surface area contributed by atoms with Crippen LogP contribution >= 0.6 is 0 Å². The zero-order valence-electron chi connectivity index (χ0n) is 11.5. The normalized spacial score (nSPS) is 12.0. The molecule has 3 N–H and O–H groups in total. The second-order valence-corrected chi connectivity index (χ2v) is 4.81. The van der Waals surface area contributed by atoms with Crippen molar-refractivity contribution in [2.24, 2.45) is 11.7 Å². The number of nitrogens with one attached hydrogen (secondary N) is 1. The van der Waals surface area contributed by atoms with Gasteiger partial charge in [-0.2, -0.15) is 0 Å². The summed E-state index contributed by atoms with van der Waals surface area (Å²) in [7, 11) is 0. The Morgan fingerprint density at radius 1 is 1.35 bits per heavy atom. The van der Waals surface area contributed by atoms with Crippen LogP contribution in [-0.4, -0.2) is 22.7 Å². The number of hydrogen-bond donors (Lipinski definition) is 2. The molecule has 1 aromatic carbocycles. The zero-order valence-corrected chi connectivity index (χ0v) is 11.5. The molecule has 0 aliphatic heterocycles. The Hall–Kier alpha value is -2.44. The maximum absolute atomic E-state index is 11.3. The number of anilines is 1. The number of carbonyl (C=O) groups excluding carboxylic acids is 2. The van der Waals surface area contributed by atoms with Crippen molar-refractivity contribution in [1.82, 2.24) is 0 Å².